The fourth-order valence-electron chi connectivity index (χ4n) is 14.8. The van der Waals surface area contributed by atoms with Gasteiger partial charge in [0.15, 0.2) is 11.7 Å². The van der Waals surface area contributed by atoms with E-state index < -0.39 is 40.7 Å². The first-order valence-electron chi connectivity index (χ1n) is 22.6. The van der Waals surface area contributed by atoms with Crippen LogP contribution >= 0.6 is 21.6 Å². The highest BCUT2D eigenvalue weighted by Crippen LogP contribution is 2.72. The zero-order valence-electron chi connectivity index (χ0n) is 35.8. The first-order chi connectivity index (χ1) is 28.0. The van der Waals surface area contributed by atoms with Crippen molar-refractivity contribution in [2.45, 2.75) is 148 Å². The van der Waals surface area contributed by atoms with Crippen molar-refractivity contribution >= 4 is 33.3 Å². The van der Waals surface area contributed by atoms with Gasteiger partial charge in [0.1, 0.15) is 0 Å². The number of nitrogens with zero attached hydrogens (tertiary/aromatic N) is 3. The van der Waals surface area contributed by atoms with Gasteiger partial charge in [-0.2, -0.15) is 0 Å². The summed E-state index contributed by atoms with van der Waals surface area (Å²) in [5.41, 5.74) is 12.2. The van der Waals surface area contributed by atoms with Gasteiger partial charge in [-0.15, -0.1) is 0 Å². The predicted molar refractivity (Wildman–Crippen MR) is 235 cm³/mol. The molecule has 6 fully saturated rings. The van der Waals surface area contributed by atoms with E-state index in [1.807, 2.05) is 30.2 Å². The number of imidazole rings is 1. The SMILES string of the molecule is CC1C(O)CC(=C2CCCC3(CCCC3)C2)C(C)(C)CC(n2ccnc2)CSSCC2CC1C1(CO)CC(CN=C(N)N)C3C(=CC(=O)C4CC(O)C(O)CC43C)C21O. The zero-order valence-corrected chi connectivity index (χ0v) is 37.4. The van der Waals surface area contributed by atoms with Gasteiger partial charge in [0.25, 0.3) is 0 Å². The van der Waals surface area contributed by atoms with Crippen LogP contribution in [0.4, 0.5) is 0 Å². The standard InChI is InChI=1S/C46H71N5O6S2/c1-27-32-14-30(46(57)35-17-37(54)34-16-38(55)39(56)21-43(34,4)40(35)29(22-50-41(47)48)19-45(32,46)25-52)23-58-59-24-31(51-13-12-49-26-51)20-42(2,3)33(15-36(27)53)28-8-7-11-44(18-28)9-5-6-10-44/h12-13,17,26-27,29-32,34,36,38-40,52-53,55-57H,5-11,14-16,18-25H2,1-4H3,(H4,47,48,50). The molecular formula is C46H71N5O6S2. The van der Waals surface area contributed by atoms with Crippen LogP contribution in [0, 0.1) is 57.2 Å². The monoisotopic (exact) mass is 853 g/mol. The van der Waals surface area contributed by atoms with Gasteiger partial charge in [0.2, 0.25) is 0 Å². The van der Waals surface area contributed by atoms with E-state index >= 15 is 0 Å². The summed E-state index contributed by atoms with van der Waals surface area (Å²) in [7, 11) is 3.57. The van der Waals surface area contributed by atoms with Gasteiger partial charge in [-0.3, -0.25) is 9.79 Å². The number of nitrogens with two attached hydrogens (primary N) is 2. The van der Waals surface area contributed by atoms with Crippen LogP contribution in [-0.4, -0.2) is 95.4 Å². The van der Waals surface area contributed by atoms with E-state index in [1.54, 1.807) is 16.9 Å². The number of aliphatic imine (C=N–C) groups is 1. The Balaban J connectivity index is 1.25. The van der Waals surface area contributed by atoms with Gasteiger partial charge in [-0.05, 0) is 129 Å². The number of hydrogen-bond donors (Lipinski definition) is 7. The number of guanidine groups is 1. The molecule has 1 aromatic rings. The molecule has 13 atom stereocenters. The lowest BCUT2D eigenvalue weighted by atomic mass is 9.42. The third kappa shape index (κ3) is 7.40. The van der Waals surface area contributed by atoms with E-state index in [1.165, 1.54) is 49.7 Å². The second-order valence-electron chi connectivity index (χ2n) is 21.2. The Hall–Kier alpha value is -1.87. The topological polar surface area (TPSA) is 200 Å². The van der Waals surface area contributed by atoms with Crippen molar-refractivity contribution in [1.29, 1.82) is 0 Å². The van der Waals surface area contributed by atoms with Crippen molar-refractivity contribution in [3.8, 4) is 0 Å². The van der Waals surface area contributed by atoms with Crippen molar-refractivity contribution < 1.29 is 30.3 Å². The predicted octanol–water partition coefficient (Wildman–Crippen LogP) is 5.96. The lowest BCUT2D eigenvalue weighted by molar-refractivity contribution is -0.182. The first-order valence-corrected chi connectivity index (χ1v) is 25.1. The summed E-state index contributed by atoms with van der Waals surface area (Å²) in [4.78, 5) is 23.4. The van der Waals surface area contributed by atoms with Crippen molar-refractivity contribution in [3.05, 3.63) is 41.5 Å². The van der Waals surface area contributed by atoms with Gasteiger partial charge in [0.05, 0.1) is 36.8 Å². The highest BCUT2D eigenvalue weighted by molar-refractivity contribution is 8.76. The second kappa shape index (κ2) is 16.4. The summed E-state index contributed by atoms with van der Waals surface area (Å²) in [6.07, 6.45) is 17.3. The molecule has 0 amide bonds. The van der Waals surface area contributed by atoms with E-state index in [0.717, 1.165) is 25.0 Å². The normalized spacial score (nSPS) is 44.8. The summed E-state index contributed by atoms with van der Waals surface area (Å²) < 4.78 is 2.24. The molecule has 1 aromatic heterocycles. The molecule has 0 radical (unpaired) electrons. The van der Waals surface area contributed by atoms with Crippen molar-refractivity contribution in [2.75, 3.05) is 24.7 Å². The quantitative estimate of drug-likeness (QED) is 0.0817. The Kier molecular flexibility index (Phi) is 12.1. The number of allylic oxidation sites excluding steroid dienone is 2. The Bertz CT molecular complexity index is 1810. The largest absolute Gasteiger partial charge is 0.396 e. The summed E-state index contributed by atoms with van der Waals surface area (Å²) in [6, 6.07) is 0.164. The van der Waals surface area contributed by atoms with Crippen molar-refractivity contribution in [2.24, 2.45) is 73.6 Å². The van der Waals surface area contributed by atoms with E-state index in [0.29, 0.717) is 36.0 Å². The van der Waals surface area contributed by atoms with Gasteiger partial charge in [0, 0.05) is 53.7 Å². The Labute approximate surface area is 359 Å². The average Bonchev–Trinajstić information content (AvgIpc) is 3.94. The van der Waals surface area contributed by atoms with Gasteiger partial charge in [-0.1, -0.05) is 73.3 Å². The lowest BCUT2D eigenvalue weighted by Crippen LogP contribution is -2.67. The van der Waals surface area contributed by atoms with Gasteiger partial charge in [-0.25, -0.2) is 4.98 Å². The molecule has 6 aliphatic carbocycles. The van der Waals surface area contributed by atoms with Crippen LogP contribution < -0.4 is 11.5 Å². The molecule has 8 rings (SSSR count). The summed E-state index contributed by atoms with van der Waals surface area (Å²) in [5, 5.41) is 60.7. The third-order valence-electron chi connectivity index (χ3n) is 17.6. The molecule has 1 saturated heterocycles. The molecule has 0 aromatic carbocycles. The zero-order chi connectivity index (χ0) is 42.1. The van der Waals surface area contributed by atoms with Crippen LogP contribution in [0.2, 0.25) is 0 Å². The molecule has 59 heavy (non-hydrogen) atoms. The van der Waals surface area contributed by atoms with Gasteiger partial charge < -0.3 is 41.6 Å². The Morgan fingerprint density at radius 1 is 0.983 bits per heavy atom. The number of ketones is 1. The first kappa shape index (κ1) is 43.8. The van der Waals surface area contributed by atoms with E-state index in [4.69, 9.17) is 11.5 Å². The minimum atomic E-state index is -1.57. The van der Waals surface area contributed by atoms with E-state index in [2.05, 4.69) is 41.5 Å². The number of rotatable bonds is 4. The number of fused-ring (bicyclic) bond motifs is 9. The minimum Gasteiger partial charge on any atom is -0.396 e. The van der Waals surface area contributed by atoms with Crippen LogP contribution in [0.15, 0.2) is 46.5 Å². The number of carbonyl (C=O) groups is 1. The molecule has 7 aliphatic rings. The molecule has 1 aliphatic heterocycles. The Morgan fingerprint density at radius 2 is 1.71 bits per heavy atom. The molecule has 11 nitrogen and oxygen atoms in total. The molecule has 1 spiro atoms. The maximum Gasteiger partial charge on any atom is 0.185 e. The lowest BCUT2D eigenvalue weighted by Gasteiger charge is -2.63. The van der Waals surface area contributed by atoms with Crippen LogP contribution in [-0.2, 0) is 4.79 Å². The maximum absolute atomic E-state index is 14.4. The molecule has 328 valence electrons. The second-order valence-corrected chi connectivity index (χ2v) is 23.8. The molecular weight excluding hydrogens is 783 g/mol. The molecule has 9 N–H and O–H groups in total. The fraction of sp³-hybridized carbons (Fsp3) is 0.804. The molecule has 5 saturated carbocycles. The minimum absolute atomic E-state index is 0.0510. The van der Waals surface area contributed by atoms with E-state index in [-0.39, 0.29) is 78.8 Å². The number of carbonyl (C=O) groups excluding carboxylic acids is 1. The van der Waals surface area contributed by atoms with Crippen LogP contribution in [0.1, 0.15) is 124 Å². The third-order valence-corrected chi connectivity index (χ3v) is 20.2. The number of aliphatic hydroxyl groups is 5. The number of aliphatic hydroxyl groups excluding tert-OH is 4. The van der Waals surface area contributed by atoms with E-state index in [9.17, 15) is 30.3 Å². The highest BCUT2D eigenvalue weighted by Gasteiger charge is 2.73. The highest BCUT2D eigenvalue weighted by atomic mass is 33.1. The number of hydrogen-bond acceptors (Lipinski definition) is 10. The Morgan fingerprint density at radius 3 is 2.41 bits per heavy atom. The van der Waals surface area contributed by atoms with Crippen molar-refractivity contribution in [1.82, 2.24) is 9.55 Å². The molecule has 13 unspecified atom stereocenters. The summed E-state index contributed by atoms with van der Waals surface area (Å²) in [5.74, 6) is -0.829. The van der Waals surface area contributed by atoms with Crippen molar-refractivity contribution in [3.63, 3.8) is 0 Å². The molecule has 2 bridgehead atoms. The number of aromatic nitrogens is 2. The summed E-state index contributed by atoms with van der Waals surface area (Å²) in [6.45, 7) is 8.84. The molecule has 2 heterocycles. The maximum atomic E-state index is 14.4. The smallest absolute Gasteiger partial charge is 0.185 e. The van der Waals surface area contributed by atoms with Crippen LogP contribution in [0.25, 0.3) is 0 Å². The van der Waals surface area contributed by atoms with Gasteiger partial charge >= 0.3 is 0 Å². The van der Waals surface area contributed by atoms with Crippen LogP contribution in [0.5, 0.6) is 0 Å². The molecule has 13 heteroatoms. The average molecular weight is 854 g/mol. The fourth-order valence-corrected chi connectivity index (χ4v) is 17.5. The summed E-state index contributed by atoms with van der Waals surface area (Å²) >= 11 is 0. The van der Waals surface area contributed by atoms with Crippen LogP contribution in [0.3, 0.4) is 0 Å².